The molecule has 0 unspecified atom stereocenters. The smallest absolute Gasteiger partial charge is 0.338 e. The van der Waals surface area contributed by atoms with Gasteiger partial charge in [-0.1, -0.05) is 18.2 Å². The fourth-order valence-corrected chi connectivity index (χ4v) is 4.20. The average Bonchev–Trinajstić information content (AvgIpc) is 2.82. The van der Waals surface area contributed by atoms with E-state index in [0.717, 1.165) is 9.31 Å². The van der Waals surface area contributed by atoms with E-state index in [4.69, 9.17) is 4.74 Å². The van der Waals surface area contributed by atoms with Gasteiger partial charge in [0.2, 0.25) is 21.8 Å². The summed E-state index contributed by atoms with van der Waals surface area (Å²) >= 11 is 0. The van der Waals surface area contributed by atoms with E-state index in [1.807, 2.05) is 0 Å². The van der Waals surface area contributed by atoms with Gasteiger partial charge in [-0.2, -0.15) is 0 Å². The molecule has 12 heteroatoms. The number of amides is 3. The van der Waals surface area contributed by atoms with Crippen molar-refractivity contribution in [2.75, 3.05) is 25.7 Å². The third-order valence-corrected chi connectivity index (χ3v) is 6.87. The lowest BCUT2D eigenvalue weighted by Gasteiger charge is -2.27. The van der Waals surface area contributed by atoms with Crippen LogP contribution < -0.4 is 15.8 Å². The highest BCUT2D eigenvalue weighted by molar-refractivity contribution is 7.89. The van der Waals surface area contributed by atoms with Gasteiger partial charge in [-0.05, 0) is 35.9 Å². The summed E-state index contributed by atoms with van der Waals surface area (Å²) in [7, 11) is -0.859. The van der Waals surface area contributed by atoms with Gasteiger partial charge >= 0.3 is 5.97 Å². The van der Waals surface area contributed by atoms with E-state index in [0.29, 0.717) is 11.3 Å². The van der Waals surface area contributed by atoms with E-state index < -0.39 is 28.5 Å². The van der Waals surface area contributed by atoms with Crippen molar-refractivity contribution in [2.24, 2.45) is 0 Å². The SMILES string of the molecule is CN(C)S(=O)(=O)c1ccccc1CNC(=O)COC(=O)c1ccc(N2NC(=O)CCC2=O)cc1. The zero-order valence-corrected chi connectivity index (χ0v) is 19.4. The number of anilines is 1. The normalized spacial score (nSPS) is 14.0. The zero-order valence-electron chi connectivity index (χ0n) is 18.6. The Hall–Kier alpha value is -3.77. The molecule has 0 spiro atoms. The molecule has 0 radical (unpaired) electrons. The van der Waals surface area contributed by atoms with E-state index in [9.17, 15) is 27.6 Å². The van der Waals surface area contributed by atoms with Crippen LogP contribution in [0, 0.1) is 0 Å². The number of ether oxygens (including phenoxy) is 1. The van der Waals surface area contributed by atoms with E-state index in [1.54, 1.807) is 18.2 Å². The lowest BCUT2D eigenvalue weighted by atomic mass is 10.2. The number of sulfonamides is 1. The molecule has 1 aliphatic rings. The number of hydrazine groups is 1. The first-order chi connectivity index (χ1) is 16.1. The van der Waals surface area contributed by atoms with Crippen molar-refractivity contribution in [3.63, 3.8) is 0 Å². The summed E-state index contributed by atoms with van der Waals surface area (Å²) in [6.45, 7) is -0.631. The van der Waals surface area contributed by atoms with Crippen molar-refractivity contribution in [1.29, 1.82) is 0 Å². The molecular weight excluding hydrogens is 464 g/mol. The second kappa shape index (κ2) is 10.4. The van der Waals surface area contributed by atoms with Gasteiger partial charge < -0.3 is 10.1 Å². The maximum absolute atomic E-state index is 12.4. The Morgan fingerprint density at radius 1 is 1.06 bits per heavy atom. The average molecular weight is 489 g/mol. The molecule has 1 aliphatic heterocycles. The van der Waals surface area contributed by atoms with Gasteiger partial charge in [0.25, 0.3) is 5.91 Å². The molecule has 2 N–H and O–H groups in total. The maximum Gasteiger partial charge on any atom is 0.338 e. The van der Waals surface area contributed by atoms with Gasteiger partial charge in [-0.25, -0.2) is 22.5 Å². The molecule has 11 nitrogen and oxygen atoms in total. The maximum atomic E-state index is 12.4. The van der Waals surface area contributed by atoms with Crippen LogP contribution in [0.4, 0.5) is 5.69 Å². The van der Waals surface area contributed by atoms with Crippen molar-refractivity contribution >= 4 is 39.4 Å². The fraction of sp³-hybridized carbons (Fsp3) is 0.273. The Balaban J connectivity index is 1.55. The molecule has 0 bridgehead atoms. The first kappa shape index (κ1) is 24.9. The summed E-state index contributed by atoms with van der Waals surface area (Å²) in [6.07, 6.45) is 0.217. The minimum atomic E-state index is -3.69. The Bertz CT molecular complexity index is 1210. The molecule has 3 amide bonds. The van der Waals surface area contributed by atoms with E-state index in [2.05, 4.69) is 10.7 Å². The molecule has 2 aromatic carbocycles. The number of nitrogens with zero attached hydrogens (tertiary/aromatic N) is 2. The molecule has 1 heterocycles. The van der Waals surface area contributed by atoms with E-state index >= 15 is 0 Å². The number of carbonyl (C=O) groups excluding carboxylic acids is 4. The number of carbonyl (C=O) groups is 4. The van der Waals surface area contributed by atoms with Crippen molar-refractivity contribution in [2.45, 2.75) is 24.3 Å². The van der Waals surface area contributed by atoms with Crippen LogP contribution in [-0.4, -0.2) is 57.1 Å². The summed E-state index contributed by atoms with van der Waals surface area (Å²) in [6, 6.07) is 12.0. The monoisotopic (exact) mass is 488 g/mol. The minimum absolute atomic E-state index is 0.0656. The number of nitrogens with one attached hydrogen (secondary N) is 2. The summed E-state index contributed by atoms with van der Waals surface area (Å²) in [5.41, 5.74) is 3.38. The summed E-state index contributed by atoms with van der Waals surface area (Å²) in [5, 5.41) is 3.65. The van der Waals surface area contributed by atoms with Crippen LogP contribution in [0.15, 0.2) is 53.4 Å². The molecule has 0 aromatic heterocycles. The first-order valence-corrected chi connectivity index (χ1v) is 11.7. The van der Waals surface area contributed by atoms with Crippen LogP contribution >= 0.6 is 0 Å². The first-order valence-electron chi connectivity index (χ1n) is 10.3. The fourth-order valence-electron chi connectivity index (χ4n) is 3.09. The molecule has 180 valence electrons. The van der Waals surface area contributed by atoms with Gasteiger partial charge in [0.1, 0.15) is 0 Å². The van der Waals surface area contributed by atoms with Gasteiger partial charge in [0, 0.05) is 33.5 Å². The predicted molar refractivity (Wildman–Crippen MR) is 121 cm³/mol. The van der Waals surface area contributed by atoms with Crippen molar-refractivity contribution in [3.8, 4) is 0 Å². The third-order valence-electron chi connectivity index (χ3n) is 4.95. The Labute approximate surface area is 196 Å². The highest BCUT2D eigenvalue weighted by Crippen LogP contribution is 2.19. The van der Waals surface area contributed by atoms with Gasteiger partial charge in [-0.15, -0.1) is 0 Å². The molecule has 0 saturated carbocycles. The highest BCUT2D eigenvalue weighted by atomic mass is 32.2. The summed E-state index contributed by atoms with van der Waals surface area (Å²) in [5.74, 6) is -1.92. The molecule has 0 aliphatic carbocycles. The molecule has 3 rings (SSSR count). The van der Waals surface area contributed by atoms with Crippen LogP contribution in [0.1, 0.15) is 28.8 Å². The van der Waals surface area contributed by atoms with Crippen molar-refractivity contribution < 1.29 is 32.3 Å². The van der Waals surface area contributed by atoms with Crippen LogP contribution in [0.25, 0.3) is 0 Å². The van der Waals surface area contributed by atoms with Gasteiger partial charge in [0.05, 0.1) is 16.1 Å². The van der Waals surface area contributed by atoms with Crippen molar-refractivity contribution in [1.82, 2.24) is 15.0 Å². The summed E-state index contributed by atoms with van der Waals surface area (Å²) < 4.78 is 30.9. The standard InChI is InChI=1S/C22H24N4O7S/c1-25(2)34(31,32)18-6-4-3-5-16(18)13-23-20(28)14-33-22(30)15-7-9-17(10-8-15)26-21(29)12-11-19(27)24-26/h3-10H,11-14H2,1-2H3,(H,23,28)(H,24,27). The topological polar surface area (TPSA) is 142 Å². The largest absolute Gasteiger partial charge is 0.452 e. The third kappa shape index (κ3) is 5.77. The van der Waals surface area contributed by atoms with E-state index in [-0.39, 0.29) is 41.7 Å². The molecule has 2 aromatic rings. The molecule has 34 heavy (non-hydrogen) atoms. The molecular formula is C22H24N4O7S. The number of hydrogen-bond acceptors (Lipinski definition) is 7. The van der Waals surface area contributed by atoms with Gasteiger partial charge in [-0.3, -0.25) is 19.8 Å². The van der Waals surface area contributed by atoms with Crippen molar-refractivity contribution in [3.05, 3.63) is 59.7 Å². The highest BCUT2D eigenvalue weighted by Gasteiger charge is 2.25. The quantitative estimate of drug-likeness (QED) is 0.517. The van der Waals surface area contributed by atoms with Crippen LogP contribution in [0.5, 0.6) is 0 Å². The number of benzene rings is 2. The molecule has 1 saturated heterocycles. The number of esters is 1. The Kier molecular flexibility index (Phi) is 7.64. The molecule has 1 fully saturated rings. The van der Waals surface area contributed by atoms with Crippen LogP contribution in [0.3, 0.4) is 0 Å². The Morgan fingerprint density at radius 2 is 1.74 bits per heavy atom. The Morgan fingerprint density at radius 3 is 2.41 bits per heavy atom. The second-order valence-electron chi connectivity index (χ2n) is 7.56. The van der Waals surface area contributed by atoms with Crippen LogP contribution in [0.2, 0.25) is 0 Å². The number of hydrogen-bond donors (Lipinski definition) is 2. The lowest BCUT2D eigenvalue weighted by Crippen LogP contribution is -2.50. The van der Waals surface area contributed by atoms with Gasteiger partial charge in [0.15, 0.2) is 6.61 Å². The minimum Gasteiger partial charge on any atom is -0.452 e. The van der Waals surface area contributed by atoms with E-state index in [1.165, 1.54) is 44.4 Å². The summed E-state index contributed by atoms with van der Waals surface area (Å²) in [4.78, 5) is 47.9. The zero-order chi connectivity index (χ0) is 24.9. The second-order valence-corrected chi connectivity index (χ2v) is 9.68. The molecule has 0 atom stereocenters. The van der Waals surface area contributed by atoms with Crippen LogP contribution in [-0.2, 0) is 35.7 Å². The predicted octanol–water partition coefficient (Wildman–Crippen LogP) is 0.568. The number of rotatable bonds is 8. The lowest BCUT2D eigenvalue weighted by molar-refractivity contribution is -0.130.